The molecule has 0 spiro atoms. The molecule has 0 unspecified atom stereocenters. The lowest BCUT2D eigenvalue weighted by Gasteiger charge is -2.19. The van der Waals surface area contributed by atoms with Gasteiger partial charge in [-0.1, -0.05) is 0 Å². The van der Waals surface area contributed by atoms with Crippen LogP contribution < -0.4 is 0 Å². The zero-order valence-corrected chi connectivity index (χ0v) is 8.25. The van der Waals surface area contributed by atoms with Crippen molar-refractivity contribution >= 4 is 5.91 Å². The van der Waals surface area contributed by atoms with Gasteiger partial charge >= 0.3 is 0 Å². The Morgan fingerprint density at radius 3 is 3.21 bits per heavy atom. The van der Waals surface area contributed by atoms with Crippen LogP contribution in [0.15, 0.2) is 23.0 Å². The Morgan fingerprint density at radius 2 is 2.36 bits per heavy atom. The van der Waals surface area contributed by atoms with Gasteiger partial charge in [-0.15, -0.1) is 0 Å². The molecule has 0 aromatic rings. The number of likely N-dealkylation sites (N-methyl/N-ethyl adjacent to an activating group) is 1. The van der Waals surface area contributed by atoms with E-state index < -0.39 is 0 Å². The van der Waals surface area contributed by atoms with Crippen molar-refractivity contribution < 1.29 is 9.53 Å². The highest BCUT2D eigenvalue weighted by molar-refractivity contribution is 5.98. The smallest absolute Gasteiger partial charge is 0.250 e. The Morgan fingerprint density at radius 1 is 1.50 bits per heavy atom. The highest BCUT2D eigenvalue weighted by Gasteiger charge is 2.37. The first-order valence-corrected chi connectivity index (χ1v) is 5.07. The first-order valence-electron chi connectivity index (χ1n) is 5.07. The number of carbonyl (C=O) groups excluding carboxylic acids is 1. The molecule has 0 aromatic heterocycles. The summed E-state index contributed by atoms with van der Waals surface area (Å²) in [5.41, 5.74) is 3.55. The summed E-state index contributed by atoms with van der Waals surface area (Å²) in [6.07, 6.45) is 3.86. The number of amides is 1. The third kappa shape index (κ3) is 0.897. The molecular formula is C11H13NO2. The van der Waals surface area contributed by atoms with Crippen molar-refractivity contribution in [3.63, 3.8) is 0 Å². The zero-order chi connectivity index (χ0) is 9.71. The van der Waals surface area contributed by atoms with Gasteiger partial charge in [0.1, 0.15) is 0 Å². The van der Waals surface area contributed by atoms with Crippen LogP contribution in [0, 0.1) is 5.92 Å². The summed E-state index contributed by atoms with van der Waals surface area (Å²) in [7, 11) is 1.87. The van der Waals surface area contributed by atoms with E-state index >= 15 is 0 Å². The minimum absolute atomic E-state index is 0.214. The van der Waals surface area contributed by atoms with E-state index in [0.29, 0.717) is 5.92 Å². The van der Waals surface area contributed by atoms with Crippen molar-refractivity contribution in [3.8, 4) is 0 Å². The largest absolute Gasteiger partial charge is 0.500 e. The van der Waals surface area contributed by atoms with Gasteiger partial charge in [0.25, 0.3) is 0 Å². The SMILES string of the molecule is CN1CC2=C(CC[C@H]3COC=C23)C1=O. The summed E-state index contributed by atoms with van der Waals surface area (Å²) in [6, 6.07) is 0. The second-order valence-electron chi connectivity index (χ2n) is 4.26. The molecule has 3 nitrogen and oxygen atoms in total. The lowest BCUT2D eigenvalue weighted by atomic mass is 9.82. The number of nitrogens with zero attached hydrogens (tertiary/aromatic N) is 1. The summed E-state index contributed by atoms with van der Waals surface area (Å²) < 4.78 is 5.34. The van der Waals surface area contributed by atoms with E-state index in [4.69, 9.17) is 4.74 Å². The Kier molecular flexibility index (Phi) is 1.52. The van der Waals surface area contributed by atoms with Gasteiger partial charge < -0.3 is 9.64 Å². The first-order chi connectivity index (χ1) is 6.77. The van der Waals surface area contributed by atoms with Crippen molar-refractivity contribution in [3.05, 3.63) is 23.0 Å². The maximum absolute atomic E-state index is 11.7. The van der Waals surface area contributed by atoms with Crippen molar-refractivity contribution in [1.29, 1.82) is 0 Å². The van der Waals surface area contributed by atoms with E-state index in [1.165, 1.54) is 11.1 Å². The van der Waals surface area contributed by atoms with Gasteiger partial charge in [-0.3, -0.25) is 4.79 Å². The van der Waals surface area contributed by atoms with Crippen LogP contribution in [-0.4, -0.2) is 31.0 Å². The monoisotopic (exact) mass is 191 g/mol. The molecule has 74 valence electrons. The van der Waals surface area contributed by atoms with E-state index in [9.17, 15) is 4.79 Å². The number of carbonyl (C=O) groups is 1. The van der Waals surface area contributed by atoms with E-state index in [-0.39, 0.29) is 5.91 Å². The van der Waals surface area contributed by atoms with E-state index in [1.54, 1.807) is 4.90 Å². The second-order valence-corrected chi connectivity index (χ2v) is 4.26. The van der Waals surface area contributed by atoms with Crippen LogP contribution in [0.25, 0.3) is 0 Å². The minimum atomic E-state index is 0.214. The highest BCUT2D eigenvalue weighted by Crippen LogP contribution is 2.41. The van der Waals surface area contributed by atoms with Gasteiger partial charge in [-0.2, -0.15) is 0 Å². The summed E-state index contributed by atoms with van der Waals surface area (Å²) in [5, 5.41) is 0. The number of ether oxygens (including phenoxy) is 1. The average Bonchev–Trinajstić information content (AvgIpc) is 2.73. The van der Waals surface area contributed by atoms with Crippen molar-refractivity contribution in [2.75, 3.05) is 20.2 Å². The van der Waals surface area contributed by atoms with E-state index in [1.807, 2.05) is 13.3 Å². The normalized spacial score (nSPS) is 30.1. The van der Waals surface area contributed by atoms with Gasteiger partial charge in [-0.05, 0) is 24.0 Å². The van der Waals surface area contributed by atoms with Crippen molar-refractivity contribution in [1.82, 2.24) is 4.90 Å². The quantitative estimate of drug-likeness (QED) is 0.573. The molecule has 0 N–H and O–H groups in total. The van der Waals surface area contributed by atoms with Crippen LogP contribution in [0.3, 0.4) is 0 Å². The van der Waals surface area contributed by atoms with Gasteiger partial charge in [0.15, 0.2) is 0 Å². The van der Waals surface area contributed by atoms with Crippen molar-refractivity contribution in [2.45, 2.75) is 12.8 Å². The number of hydrogen-bond acceptors (Lipinski definition) is 2. The third-order valence-corrected chi connectivity index (χ3v) is 3.40. The van der Waals surface area contributed by atoms with Crippen LogP contribution in [-0.2, 0) is 9.53 Å². The molecule has 1 amide bonds. The molecule has 0 bridgehead atoms. The molecule has 0 saturated carbocycles. The lowest BCUT2D eigenvalue weighted by Crippen LogP contribution is -2.21. The fraction of sp³-hybridized carbons (Fsp3) is 0.545. The second kappa shape index (κ2) is 2.62. The fourth-order valence-corrected chi connectivity index (χ4v) is 2.60. The number of hydrogen-bond donors (Lipinski definition) is 0. The topological polar surface area (TPSA) is 29.5 Å². The van der Waals surface area contributed by atoms with Gasteiger partial charge in [0.2, 0.25) is 5.91 Å². The van der Waals surface area contributed by atoms with Crippen LogP contribution in [0.1, 0.15) is 12.8 Å². The summed E-state index contributed by atoms with van der Waals surface area (Å²) in [4.78, 5) is 13.5. The molecule has 0 aromatic carbocycles. The highest BCUT2D eigenvalue weighted by atomic mass is 16.5. The molecule has 0 fully saturated rings. The molecule has 1 aliphatic carbocycles. The molecule has 0 saturated heterocycles. The van der Waals surface area contributed by atoms with Crippen molar-refractivity contribution in [2.24, 2.45) is 5.92 Å². The number of fused-ring (bicyclic) bond motifs is 2. The fourth-order valence-electron chi connectivity index (χ4n) is 2.60. The predicted molar refractivity (Wildman–Crippen MR) is 51.4 cm³/mol. The Balaban J connectivity index is 2.05. The summed E-state index contributed by atoms with van der Waals surface area (Å²) in [6.45, 7) is 1.59. The Hall–Kier alpha value is -1.25. The van der Waals surface area contributed by atoms with Gasteiger partial charge in [-0.25, -0.2) is 0 Å². The molecule has 3 rings (SSSR count). The van der Waals surface area contributed by atoms with E-state index in [0.717, 1.165) is 31.6 Å². The maximum Gasteiger partial charge on any atom is 0.250 e. The molecule has 2 aliphatic heterocycles. The zero-order valence-electron chi connectivity index (χ0n) is 8.25. The summed E-state index contributed by atoms with van der Waals surface area (Å²) >= 11 is 0. The first kappa shape index (κ1) is 8.09. The standard InChI is InChI=1S/C11H13NO2/c1-12-4-9-8(11(12)13)3-2-7-5-14-6-10(7)9/h6-7H,2-5H2,1H3/t7-/m0/s1. The number of rotatable bonds is 0. The van der Waals surface area contributed by atoms with E-state index in [2.05, 4.69) is 0 Å². The Labute approximate surface area is 83.0 Å². The lowest BCUT2D eigenvalue weighted by molar-refractivity contribution is -0.124. The van der Waals surface area contributed by atoms with Gasteiger partial charge in [0.05, 0.1) is 12.9 Å². The van der Waals surface area contributed by atoms with Gasteiger partial charge in [0, 0.05) is 25.1 Å². The predicted octanol–water partition coefficient (Wildman–Crippen LogP) is 1.08. The van der Waals surface area contributed by atoms with Crippen LogP contribution >= 0.6 is 0 Å². The molecule has 3 aliphatic rings. The van der Waals surface area contributed by atoms with Crippen LogP contribution in [0.2, 0.25) is 0 Å². The minimum Gasteiger partial charge on any atom is -0.500 e. The summed E-state index contributed by atoms with van der Waals surface area (Å²) in [5.74, 6) is 0.763. The van der Waals surface area contributed by atoms with Crippen LogP contribution in [0.5, 0.6) is 0 Å². The third-order valence-electron chi connectivity index (χ3n) is 3.40. The molecule has 14 heavy (non-hydrogen) atoms. The maximum atomic E-state index is 11.7. The van der Waals surface area contributed by atoms with Crippen LogP contribution in [0.4, 0.5) is 0 Å². The molecule has 1 atom stereocenters. The average molecular weight is 191 g/mol. The molecule has 0 radical (unpaired) electrons. The Bertz CT molecular complexity index is 367. The molecule has 2 heterocycles. The molecular weight excluding hydrogens is 178 g/mol. The molecule has 3 heteroatoms.